The molecule has 1 rings (SSSR count). The molecule has 0 saturated heterocycles. The normalized spacial score (nSPS) is 12.8. The molecule has 1 N–H and O–H groups in total. The van der Waals surface area contributed by atoms with Gasteiger partial charge in [-0.25, -0.2) is 4.39 Å². The molecule has 82 valence electrons. The molecule has 0 aliphatic rings. The first kappa shape index (κ1) is 11.7. The van der Waals surface area contributed by atoms with E-state index in [-0.39, 0.29) is 18.4 Å². The van der Waals surface area contributed by atoms with Crippen molar-refractivity contribution in [1.29, 1.82) is 0 Å². The van der Waals surface area contributed by atoms with Crippen molar-refractivity contribution in [2.75, 3.05) is 13.6 Å². The van der Waals surface area contributed by atoms with Crippen molar-refractivity contribution in [2.24, 2.45) is 0 Å². The standard InChI is InChI=1S/C11H14FNO2/c1-8(13(2)7-11(14)15)9-3-5-10(12)6-4-9/h3-6,8H,7H2,1-2H3,(H,14,15)/t8-/m1/s1. The predicted octanol–water partition coefficient (Wildman–Crippen LogP) is 1.90. The number of halogens is 1. The van der Waals surface area contributed by atoms with Gasteiger partial charge < -0.3 is 5.11 Å². The van der Waals surface area contributed by atoms with Gasteiger partial charge in [0.2, 0.25) is 0 Å². The third-order valence-electron chi connectivity index (χ3n) is 2.40. The summed E-state index contributed by atoms with van der Waals surface area (Å²) in [6, 6.07) is 6.04. The molecule has 0 spiro atoms. The number of hydrogen-bond acceptors (Lipinski definition) is 2. The van der Waals surface area contributed by atoms with Crippen LogP contribution >= 0.6 is 0 Å². The minimum atomic E-state index is -0.869. The highest BCUT2D eigenvalue weighted by Gasteiger charge is 2.13. The molecular formula is C11H14FNO2. The number of carboxylic acids is 1. The lowest BCUT2D eigenvalue weighted by molar-refractivity contribution is -0.138. The highest BCUT2D eigenvalue weighted by atomic mass is 19.1. The molecule has 0 fully saturated rings. The molecule has 0 bridgehead atoms. The zero-order valence-corrected chi connectivity index (χ0v) is 8.77. The molecule has 0 aromatic heterocycles. The largest absolute Gasteiger partial charge is 0.480 e. The van der Waals surface area contributed by atoms with E-state index in [1.807, 2.05) is 6.92 Å². The SMILES string of the molecule is C[C@H](c1ccc(F)cc1)N(C)CC(=O)O. The van der Waals surface area contributed by atoms with E-state index in [0.717, 1.165) is 5.56 Å². The Hall–Kier alpha value is -1.42. The molecule has 0 saturated carbocycles. The third-order valence-corrected chi connectivity index (χ3v) is 2.40. The number of aliphatic carboxylic acids is 1. The summed E-state index contributed by atoms with van der Waals surface area (Å²) in [6.45, 7) is 1.86. The van der Waals surface area contributed by atoms with Gasteiger partial charge in [0.1, 0.15) is 5.82 Å². The third kappa shape index (κ3) is 3.32. The molecule has 15 heavy (non-hydrogen) atoms. The lowest BCUT2D eigenvalue weighted by Crippen LogP contribution is -2.28. The number of nitrogens with zero attached hydrogens (tertiary/aromatic N) is 1. The average Bonchev–Trinajstić information content (AvgIpc) is 2.17. The van der Waals surface area contributed by atoms with Gasteiger partial charge in [-0.15, -0.1) is 0 Å². The number of carbonyl (C=O) groups is 1. The average molecular weight is 211 g/mol. The summed E-state index contributed by atoms with van der Waals surface area (Å²) >= 11 is 0. The van der Waals surface area contributed by atoms with E-state index in [1.54, 1.807) is 24.1 Å². The van der Waals surface area contributed by atoms with Gasteiger partial charge in [-0.05, 0) is 31.7 Å². The Balaban J connectivity index is 2.71. The minimum absolute atomic E-state index is 0.0292. The van der Waals surface area contributed by atoms with Crippen LogP contribution in [0.1, 0.15) is 18.5 Å². The highest BCUT2D eigenvalue weighted by Crippen LogP contribution is 2.18. The van der Waals surface area contributed by atoms with E-state index in [9.17, 15) is 9.18 Å². The molecule has 0 unspecified atom stereocenters. The Labute approximate surface area is 88.1 Å². The molecule has 0 heterocycles. The predicted molar refractivity (Wildman–Crippen MR) is 55.1 cm³/mol. The molecule has 0 aliphatic carbocycles. The zero-order chi connectivity index (χ0) is 11.4. The Morgan fingerprint density at radius 2 is 2.00 bits per heavy atom. The quantitative estimate of drug-likeness (QED) is 0.827. The topological polar surface area (TPSA) is 40.5 Å². The van der Waals surface area contributed by atoms with Crippen LogP contribution in [0.4, 0.5) is 4.39 Å². The minimum Gasteiger partial charge on any atom is -0.480 e. The van der Waals surface area contributed by atoms with E-state index < -0.39 is 5.97 Å². The maximum absolute atomic E-state index is 12.7. The first-order valence-corrected chi connectivity index (χ1v) is 4.68. The van der Waals surface area contributed by atoms with Gasteiger partial charge in [0.25, 0.3) is 0 Å². The van der Waals surface area contributed by atoms with Crippen LogP contribution < -0.4 is 0 Å². The fraction of sp³-hybridized carbons (Fsp3) is 0.364. The molecule has 0 amide bonds. The molecule has 4 heteroatoms. The molecule has 3 nitrogen and oxygen atoms in total. The van der Waals surface area contributed by atoms with E-state index >= 15 is 0 Å². The van der Waals surface area contributed by atoms with E-state index in [1.165, 1.54) is 12.1 Å². The van der Waals surface area contributed by atoms with Crippen molar-refractivity contribution in [3.63, 3.8) is 0 Å². The van der Waals surface area contributed by atoms with Crippen molar-refractivity contribution >= 4 is 5.97 Å². The second-order valence-corrected chi connectivity index (χ2v) is 3.54. The first-order valence-electron chi connectivity index (χ1n) is 4.68. The fourth-order valence-corrected chi connectivity index (χ4v) is 1.35. The molecule has 0 radical (unpaired) electrons. The molecule has 0 aliphatic heterocycles. The van der Waals surface area contributed by atoms with Crippen LogP contribution in [0.25, 0.3) is 0 Å². The summed E-state index contributed by atoms with van der Waals surface area (Å²) in [4.78, 5) is 12.2. The van der Waals surface area contributed by atoms with Gasteiger partial charge in [-0.2, -0.15) is 0 Å². The monoisotopic (exact) mass is 211 g/mol. The smallest absolute Gasteiger partial charge is 0.317 e. The van der Waals surface area contributed by atoms with Crippen LogP contribution in [0, 0.1) is 5.82 Å². The van der Waals surface area contributed by atoms with Gasteiger partial charge in [0.15, 0.2) is 0 Å². The summed E-state index contributed by atoms with van der Waals surface area (Å²) in [5.41, 5.74) is 0.903. The summed E-state index contributed by atoms with van der Waals surface area (Å²) in [7, 11) is 1.72. The second-order valence-electron chi connectivity index (χ2n) is 3.54. The lowest BCUT2D eigenvalue weighted by atomic mass is 10.1. The Morgan fingerprint density at radius 1 is 1.47 bits per heavy atom. The zero-order valence-electron chi connectivity index (χ0n) is 8.77. The Morgan fingerprint density at radius 3 is 2.47 bits per heavy atom. The molecule has 1 atom stereocenters. The van der Waals surface area contributed by atoms with Crippen LogP contribution in [-0.4, -0.2) is 29.6 Å². The summed E-state index contributed by atoms with van der Waals surface area (Å²) in [5.74, 6) is -1.15. The summed E-state index contributed by atoms with van der Waals surface area (Å²) in [5, 5.41) is 8.62. The fourth-order valence-electron chi connectivity index (χ4n) is 1.35. The Bertz CT molecular complexity index is 337. The van der Waals surface area contributed by atoms with Crippen LogP contribution in [0.3, 0.4) is 0 Å². The molecule has 1 aromatic rings. The van der Waals surface area contributed by atoms with E-state index in [2.05, 4.69) is 0 Å². The highest BCUT2D eigenvalue weighted by molar-refractivity contribution is 5.69. The van der Waals surface area contributed by atoms with Gasteiger partial charge >= 0.3 is 5.97 Å². The second kappa shape index (κ2) is 4.89. The molecular weight excluding hydrogens is 197 g/mol. The number of carboxylic acid groups (broad SMARTS) is 1. The number of likely N-dealkylation sites (N-methyl/N-ethyl adjacent to an activating group) is 1. The van der Waals surface area contributed by atoms with Gasteiger partial charge in [0, 0.05) is 6.04 Å². The van der Waals surface area contributed by atoms with Crippen molar-refractivity contribution < 1.29 is 14.3 Å². The first-order chi connectivity index (χ1) is 7.00. The number of benzene rings is 1. The van der Waals surface area contributed by atoms with Gasteiger partial charge in [-0.3, -0.25) is 9.69 Å². The summed E-state index contributed by atoms with van der Waals surface area (Å²) in [6.07, 6.45) is 0. The van der Waals surface area contributed by atoms with Crippen molar-refractivity contribution in [3.8, 4) is 0 Å². The van der Waals surface area contributed by atoms with Crippen LogP contribution in [-0.2, 0) is 4.79 Å². The van der Waals surface area contributed by atoms with Gasteiger partial charge in [-0.1, -0.05) is 12.1 Å². The van der Waals surface area contributed by atoms with Gasteiger partial charge in [0.05, 0.1) is 6.54 Å². The maximum atomic E-state index is 12.7. The number of rotatable bonds is 4. The number of hydrogen-bond donors (Lipinski definition) is 1. The lowest BCUT2D eigenvalue weighted by Gasteiger charge is -2.23. The van der Waals surface area contributed by atoms with Crippen LogP contribution in [0.5, 0.6) is 0 Å². The van der Waals surface area contributed by atoms with Crippen LogP contribution in [0.2, 0.25) is 0 Å². The van der Waals surface area contributed by atoms with Crippen molar-refractivity contribution in [3.05, 3.63) is 35.6 Å². The Kier molecular flexibility index (Phi) is 3.80. The maximum Gasteiger partial charge on any atom is 0.317 e. The van der Waals surface area contributed by atoms with Crippen molar-refractivity contribution in [1.82, 2.24) is 4.90 Å². The molecule has 1 aromatic carbocycles. The van der Waals surface area contributed by atoms with E-state index in [4.69, 9.17) is 5.11 Å². The van der Waals surface area contributed by atoms with Crippen molar-refractivity contribution in [2.45, 2.75) is 13.0 Å². The van der Waals surface area contributed by atoms with E-state index in [0.29, 0.717) is 0 Å². The summed E-state index contributed by atoms with van der Waals surface area (Å²) < 4.78 is 12.7. The van der Waals surface area contributed by atoms with Crippen LogP contribution in [0.15, 0.2) is 24.3 Å².